The zero-order valence-corrected chi connectivity index (χ0v) is 10.1. The van der Waals surface area contributed by atoms with Crippen LogP contribution in [0.5, 0.6) is 0 Å². The fraction of sp³-hybridized carbons (Fsp3) is 0.889. The lowest BCUT2D eigenvalue weighted by Gasteiger charge is -2.07. The monoisotopic (exact) mass is 249 g/mol. The summed E-state index contributed by atoms with van der Waals surface area (Å²) in [6, 6.07) is 0. The van der Waals surface area contributed by atoms with Crippen LogP contribution in [0.4, 0.5) is 0 Å². The Morgan fingerprint density at radius 2 is 2.00 bits per heavy atom. The third kappa shape index (κ3) is 5.43. The summed E-state index contributed by atoms with van der Waals surface area (Å²) in [5.74, 6) is 0.232. The predicted octanol–water partition coefficient (Wildman–Crippen LogP) is -1.22. The first-order valence-corrected chi connectivity index (χ1v) is 7.15. The van der Waals surface area contributed by atoms with E-state index in [9.17, 15) is 13.2 Å². The van der Waals surface area contributed by atoms with Crippen molar-refractivity contribution in [2.24, 2.45) is 11.7 Å². The second kappa shape index (κ2) is 6.17. The van der Waals surface area contributed by atoms with Crippen LogP contribution in [0.1, 0.15) is 19.3 Å². The first-order valence-electron chi connectivity index (χ1n) is 5.50. The summed E-state index contributed by atoms with van der Waals surface area (Å²) in [5, 5.41) is 2.68. The SMILES string of the molecule is NCCCS(=O)(=O)NCCNC(=O)C1CC1. The predicted molar refractivity (Wildman–Crippen MR) is 61.2 cm³/mol. The number of sulfonamides is 1. The Kier molecular flexibility index (Phi) is 5.17. The summed E-state index contributed by atoms with van der Waals surface area (Å²) in [5.41, 5.74) is 5.22. The molecule has 16 heavy (non-hydrogen) atoms. The van der Waals surface area contributed by atoms with Crippen molar-refractivity contribution >= 4 is 15.9 Å². The number of nitrogens with two attached hydrogens (primary N) is 1. The molecule has 7 heteroatoms. The van der Waals surface area contributed by atoms with Gasteiger partial charge < -0.3 is 11.1 Å². The average molecular weight is 249 g/mol. The van der Waals surface area contributed by atoms with Crippen LogP contribution >= 0.6 is 0 Å². The van der Waals surface area contributed by atoms with Crippen molar-refractivity contribution < 1.29 is 13.2 Å². The molecule has 0 saturated heterocycles. The maximum Gasteiger partial charge on any atom is 0.223 e. The molecule has 1 aliphatic carbocycles. The summed E-state index contributed by atoms with van der Waals surface area (Å²) in [6.07, 6.45) is 2.35. The minimum Gasteiger partial charge on any atom is -0.355 e. The van der Waals surface area contributed by atoms with E-state index in [1.54, 1.807) is 0 Å². The Bertz CT molecular complexity index is 325. The molecular weight excluding hydrogens is 230 g/mol. The first kappa shape index (κ1) is 13.4. The fourth-order valence-electron chi connectivity index (χ4n) is 1.23. The summed E-state index contributed by atoms with van der Waals surface area (Å²) in [6.45, 7) is 0.946. The van der Waals surface area contributed by atoms with Crippen LogP contribution in [0, 0.1) is 5.92 Å². The van der Waals surface area contributed by atoms with E-state index in [-0.39, 0.29) is 24.1 Å². The minimum atomic E-state index is -3.23. The maximum atomic E-state index is 11.3. The number of hydrogen-bond donors (Lipinski definition) is 3. The van der Waals surface area contributed by atoms with Gasteiger partial charge in [0.1, 0.15) is 0 Å². The van der Waals surface area contributed by atoms with E-state index < -0.39 is 10.0 Å². The zero-order valence-electron chi connectivity index (χ0n) is 9.24. The van der Waals surface area contributed by atoms with Crippen molar-refractivity contribution in [3.8, 4) is 0 Å². The minimum absolute atomic E-state index is 0.0288. The number of carbonyl (C=O) groups is 1. The van der Waals surface area contributed by atoms with Crippen molar-refractivity contribution in [2.45, 2.75) is 19.3 Å². The van der Waals surface area contributed by atoms with Gasteiger partial charge in [-0.25, -0.2) is 13.1 Å². The normalized spacial score (nSPS) is 16.1. The summed E-state index contributed by atoms with van der Waals surface area (Å²) in [7, 11) is -3.23. The van der Waals surface area contributed by atoms with Crippen LogP contribution in [-0.4, -0.2) is 39.7 Å². The van der Waals surface area contributed by atoms with E-state index in [1.165, 1.54) is 0 Å². The molecule has 0 aromatic heterocycles. The van der Waals surface area contributed by atoms with Gasteiger partial charge in [0.2, 0.25) is 15.9 Å². The third-order valence-corrected chi connectivity index (χ3v) is 3.78. The van der Waals surface area contributed by atoms with Crippen LogP contribution < -0.4 is 15.8 Å². The molecule has 0 bridgehead atoms. The highest BCUT2D eigenvalue weighted by Gasteiger charge is 2.29. The largest absolute Gasteiger partial charge is 0.355 e. The van der Waals surface area contributed by atoms with E-state index in [2.05, 4.69) is 10.0 Å². The van der Waals surface area contributed by atoms with E-state index >= 15 is 0 Å². The summed E-state index contributed by atoms with van der Waals surface area (Å²) >= 11 is 0. The van der Waals surface area contributed by atoms with Crippen molar-refractivity contribution in [3.05, 3.63) is 0 Å². The number of nitrogens with one attached hydrogen (secondary N) is 2. The number of amides is 1. The van der Waals surface area contributed by atoms with Gasteiger partial charge >= 0.3 is 0 Å². The molecule has 0 unspecified atom stereocenters. The van der Waals surface area contributed by atoms with Crippen molar-refractivity contribution in [1.29, 1.82) is 0 Å². The van der Waals surface area contributed by atoms with E-state index in [0.717, 1.165) is 12.8 Å². The molecule has 0 spiro atoms. The van der Waals surface area contributed by atoms with E-state index in [0.29, 0.717) is 19.5 Å². The second-order valence-corrected chi connectivity index (χ2v) is 5.85. The Morgan fingerprint density at radius 3 is 2.56 bits per heavy atom. The Balaban J connectivity index is 2.07. The van der Waals surface area contributed by atoms with E-state index in [1.807, 2.05) is 0 Å². The molecule has 94 valence electrons. The van der Waals surface area contributed by atoms with Crippen molar-refractivity contribution in [3.63, 3.8) is 0 Å². The molecule has 4 N–H and O–H groups in total. The standard InChI is InChI=1S/C9H19N3O3S/c10-4-1-7-16(14,15)12-6-5-11-9(13)8-2-3-8/h8,12H,1-7,10H2,(H,11,13). The molecule has 6 nitrogen and oxygen atoms in total. The molecule has 0 aromatic carbocycles. The average Bonchev–Trinajstić information content (AvgIpc) is 3.05. The molecule has 1 rings (SSSR count). The molecular formula is C9H19N3O3S. The van der Waals surface area contributed by atoms with Gasteiger partial charge in [0.05, 0.1) is 5.75 Å². The lowest BCUT2D eigenvalue weighted by Crippen LogP contribution is -2.36. The maximum absolute atomic E-state index is 11.3. The van der Waals surface area contributed by atoms with Gasteiger partial charge in [0.15, 0.2) is 0 Å². The van der Waals surface area contributed by atoms with E-state index in [4.69, 9.17) is 5.73 Å². The van der Waals surface area contributed by atoms with Gasteiger partial charge in [-0.15, -0.1) is 0 Å². The highest BCUT2D eigenvalue weighted by Crippen LogP contribution is 2.28. The Morgan fingerprint density at radius 1 is 1.31 bits per heavy atom. The molecule has 1 aliphatic rings. The van der Waals surface area contributed by atoms with Crippen LogP contribution in [0.25, 0.3) is 0 Å². The highest BCUT2D eigenvalue weighted by molar-refractivity contribution is 7.89. The number of hydrogen-bond acceptors (Lipinski definition) is 4. The molecule has 0 aliphatic heterocycles. The molecule has 1 fully saturated rings. The third-order valence-electron chi connectivity index (χ3n) is 2.31. The van der Waals surface area contributed by atoms with Gasteiger partial charge in [-0.05, 0) is 25.8 Å². The highest BCUT2D eigenvalue weighted by atomic mass is 32.2. The fourth-order valence-corrected chi connectivity index (χ4v) is 2.33. The molecule has 0 radical (unpaired) electrons. The number of rotatable bonds is 8. The van der Waals surface area contributed by atoms with Crippen LogP contribution in [0.15, 0.2) is 0 Å². The second-order valence-electron chi connectivity index (χ2n) is 3.92. The Hall–Kier alpha value is -0.660. The van der Waals surface area contributed by atoms with Crippen molar-refractivity contribution in [2.75, 3.05) is 25.4 Å². The molecule has 0 aromatic rings. The number of carbonyl (C=O) groups excluding carboxylic acids is 1. The quantitative estimate of drug-likeness (QED) is 0.469. The molecule has 0 atom stereocenters. The summed E-state index contributed by atoms with van der Waals surface area (Å²) < 4.78 is 25.0. The topological polar surface area (TPSA) is 101 Å². The van der Waals surface area contributed by atoms with Gasteiger partial charge in [-0.1, -0.05) is 0 Å². The first-order chi connectivity index (χ1) is 7.55. The Labute approximate surface area is 96.0 Å². The van der Waals surface area contributed by atoms with Crippen LogP contribution in [0.2, 0.25) is 0 Å². The lowest BCUT2D eigenvalue weighted by molar-refractivity contribution is -0.122. The van der Waals surface area contributed by atoms with Gasteiger partial charge in [-0.3, -0.25) is 4.79 Å². The summed E-state index contributed by atoms with van der Waals surface area (Å²) in [4.78, 5) is 11.2. The van der Waals surface area contributed by atoms with Gasteiger partial charge in [0.25, 0.3) is 0 Å². The zero-order chi connectivity index (χ0) is 12.0. The van der Waals surface area contributed by atoms with Crippen LogP contribution in [-0.2, 0) is 14.8 Å². The lowest BCUT2D eigenvalue weighted by atomic mass is 10.4. The van der Waals surface area contributed by atoms with Gasteiger partial charge in [-0.2, -0.15) is 0 Å². The van der Waals surface area contributed by atoms with Gasteiger partial charge in [0, 0.05) is 19.0 Å². The molecule has 1 saturated carbocycles. The van der Waals surface area contributed by atoms with Crippen molar-refractivity contribution in [1.82, 2.24) is 10.0 Å². The smallest absolute Gasteiger partial charge is 0.223 e. The molecule has 1 amide bonds. The van der Waals surface area contributed by atoms with Crippen LogP contribution in [0.3, 0.4) is 0 Å². The molecule has 0 heterocycles.